The van der Waals surface area contributed by atoms with Crippen LogP contribution in [0.1, 0.15) is 66.2 Å². The number of unbranched alkanes of at least 4 members (excludes halogenated alkanes) is 4. The number of rotatable bonds is 8. The molecule has 0 saturated carbocycles. The summed E-state index contributed by atoms with van der Waals surface area (Å²) in [5.74, 6) is -2.75. The Labute approximate surface area is 180 Å². The van der Waals surface area contributed by atoms with E-state index in [2.05, 4.69) is 6.92 Å². The van der Waals surface area contributed by atoms with Crippen LogP contribution in [0, 0.1) is 0 Å². The Bertz CT molecular complexity index is 517. The molecule has 0 bridgehead atoms. The third kappa shape index (κ3) is 9.65. The van der Waals surface area contributed by atoms with Crippen molar-refractivity contribution in [3.8, 4) is 0 Å². The fourth-order valence-corrected chi connectivity index (χ4v) is 1.93. The van der Waals surface area contributed by atoms with Crippen LogP contribution >= 0.6 is 0 Å². The van der Waals surface area contributed by atoms with Crippen molar-refractivity contribution in [3.05, 3.63) is 35.4 Å². The Morgan fingerprint density at radius 3 is 2.09 bits per heavy atom. The monoisotopic (exact) mass is 340 g/mol. The molecule has 1 N–H and O–H groups in total. The number of carbonyl (C=O) groups excluding carboxylic acids is 2. The maximum atomic E-state index is 11.8. The Morgan fingerprint density at radius 2 is 1.52 bits per heavy atom. The number of ether oxygens (including phenoxy) is 1. The molecular formula is C16H22Na2O5. The van der Waals surface area contributed by atoms with E-state index in [-0.39, 0.29) is 76.7 Å². The average Bonchev–Trinajstić information content (AvgIpc) is 2.47. The van der Waals surface area contributed by atoms with Crippen LogP contribution in [0.5, 0.6) is 0 Å². The summed E-state index contributed by atoms with van der Waals surface area (Å²) in [4.78, 5) is 34.4. The average molecular weight is 340 g/mol. The van der Waals surface area contributed by atoms with E-state index in [1.54, 1.807) is 0 Å². The van der Waals surface area contributed by atoms with Crippen molar-refractivity contribution >= 4 is 77.0 Å². The Morgan fingerprint density at radius 1 is 0.957 bits per heavy atom. The first-order valence-electron chi connectivity index (χ1n) is 7.13. The van der Waals surface area contributed by atoms with Crippen LogP contribution in [0.25, 0.3) is 0 Å². The first-order chi connectivity index (χ1) is 10.1. The van der Waals surface area contributed by atoms with E-state index in [1.807, 2.05) is 0 Å². The van der Waals surface area contributed by atoms with Crippen molar-refractivity contribution in [2.24, 2.45) is 0 Å². The summed E-state index contributed by atoms with van der Waals surface area (Å²) in [6.45, 7) is 2.10. The van der Waals surface area contributed by atoms with Crippen LogP contribution in [-0.4, -0.2) is 82.1 Å². The van der Waals surface area contributed by atoms with Crippen molar-refractivity contribution in [3.63, 3.8) is 0 Å². The molecule has 7 heteroatoms. The molecule has 1 rings (SSSR count). The van der Waals surface area contributed by atoms with Gasteiger partial charge in [0.2, 0.25) is 0 Å². The topological polar surface area (TPSA) is 80.7 Å². The number of hydrogen-bond donors (Lipinski definition) is 1. The van der Waals surface area contributed by atoms with Gasteiger partial charge in [-0.2, -0.15) is 0 Å². The van der Waals surface area contributed by atoms with Gasteiger partial charge in [-0.3, -0.25) is 4.79 Å². The predicted octanol–water partition coefficient (Wildman–Crippen LogP) is 2.13. The summed E-state index contributed by atoms with van der Waals surface area (Å²) in [7, 11) is 0. The molecule has 0 radical (unpaired) electrons. The van der Waals surface area contributed by atoms with Crippen LogP contribution in [-0.2, 0) is 9.53 Å². The third-order valence-electron chi connectivity index (χ3n) is 3.07. The Hall–Kier alpha value is -0.170. The van der Waals surface area contributed by atoms with Crippen molar-refractivity contribution in [2.45, 2.75) is 45.4 Å². The second-order valence-electron chi connectivity index (χ2n) is 4.78. The molecule has 0 aliphatic heterocycles. The first-order valence-corrected chi connectivity index (χ1v) is 7.13. The van der Waals surface area contributed by atoms with Gasteiger partial charge in [0.05, 0.1) is 11.1 Å². The van der Waals surface area contributed by atoms with Crippen LogP contribution in [0.15, 0.2) is 24.3 Å². The minimum absolute atomic E-state index is 0. The summed E-state index contributed by atoms with van der Waals surface area (Å²) in [6, 6.07) is 5.67. The number of benzene rings is 1. The molecule has 0 aliphatic rings. The SMILES string of the molecule is CCCCCCCC(=O)OC(=O)c1ccccc1C(=O)O.[NaH].[NaH]. The van der Waals surface area contributed by atoms with E-state index >= 15 is 0 Å². The normalized spacial score (nSPS) is 9.26. The molecule has 1 aromatic rings. The molecule has 0 aliphatic carbocycles. The van der Waals surface area contributed by atoms with Gasteiger partial charge in [0.15, 0.2) is 0 Å². The fourth-order valence-electron chi connectivity index (χ4n) is 1.93. The molecule has 0 aromatic heterocycles. The molecule has 0 spiro atoms. The summed E-state index contributed by atoms with van der Waals surface area (Å²) in [5.41, 5.74) is -0.275. The van der Waals surface area contributed by atoms with Crippen molar-refractivity contribution in [1.29, 1.82) is 0 Å². The van der Waals surface area contributed by atoms with E-state index in [0.29, 0.717) is 6.42 Å². The summed E-state index contributed by atoms with van der Waals surface area (Å²) in [5, 5.41) is 8.98. The maximum absolute atomic E-state index is 11.8. The molecule has 0 fully saturated rings. The van der Waals surface area contributed by atoms with Crippen molar-refractivity contribution < 1.29 is 24.2 Å². The number of carboxylic acids is 1. The van der Waals surface area contributed by atoms with Gasteiger partial charge in [-0.15, -0.1) is 0 Å². The first kappa shape index (κ1) is 25.1. The van der Waals surface area contributed by atoms with E-state index in [9.17, 15) is 14.4 Å². The molecule has 5 nitrogen and oxygen atoms in total. The fraction of sp³-hybridized carbons (Fsp3) is 0.438. The predicted molar refractivity (Wildman–Crippen MR) is 91.5 cm³/mol. The third-order valence-corrected chi connectivity index (χ3v) is 3.07. The molecule has 0 amide bonds. The molecule has 1 aromatic carbocycles. The van der Waals surface area contributed by atoms with Crippen molar-refractivity contribution in [1.82, 2.24) is 0 Å². The molecule has 0 saturated heterocycles. The zero-order chi connectivity index (χ0) is 15.7. The second-order valence-corrected chi connectivity index (χ2v) is 4.78. The van der Waals surface area contributed by atoms with Crippen LogP contribution < -0.4 is 0 Å². The number of aromatic carboxylic acids is 1. The zero-order valence-electron chi connectivity index (χ0n) is 12.1. The van der Waals surface area contributed by atoms with E-state index in [4.69, 9.17) is 9.84 Å². The molecule has 0 atom stereocenters. The van der Waals surface area contributed by atoms with Crippen LogP contribution in [0.2, 0.25) is 0 Å². The minimum atomic E-state index is -1.23. The molecular weight excluding hydrogens is 318 g/mol. The standard InChI is InChI=1S/C16H20O5.2Na.2H/c1-2-3-4-5-6-11-14(17)21-16(20)13-10-8-7-9-12(13)15(18)19;;;;/h7-10H,2-6,11H2,1H3,(H,18,19);;;;. The number of carbonyl (C=O) groups is 3. The molecule has 0 unspecified atom stereocenters. The van der Waals surface area contributed by atoms with E-state index < -0.39 is 17.9 Å². The van der Waals surface area contributed by atoms with Gasteiger partial charge in [-0.25, -0.2) is 9.59 Å². The molecule has 0 heterocycles. The second kappa shape index (κ2) is 14.2. The number of hydrogen-bond acceptors (Lipinski definition) is 4. The summed E-state index contributed by atoms with van der Waals surface area (Å²) < 4.78 is 4.69. The Balaban J connectivity index is 0. The van der Waals surface area contributed by atoms with Gasteiger partial charge in [0.25, 0.3) is 0 Å². The number of esters is 2. The van der Waals surface area contributed by atoms with Gasteiger partial charge in [0.1, 0.15) is 0 Å². The quantitative estimate of drug-likeness (QED) is 0.339. The van der Waals surface area contributed by atoms with Gasteiger partial charge in [-0.05, 0) is 18.6 Å². The van der Waals surface area contributed by atoms with Crippen LogP contribution in [0.3, 0.4) is 0 Å². The van der Waals surface area contributed by atoms with E-state index in [1.165, 1.54) is 24.3 Å². The number of carboxylic acid groups (broad SMARTS) is 1. The summed E-state index contributed by atoms with van der Waals surface area (Å²) >= 11 is 0. The molecule has 23 heavy (non-hydrogen) atoms. The Kier molecular flexibility index (Phi) is 15.5. The van der Waals surface area contributed by atoms with Gasteiger partial charge in [-0.1, -0.05) is 44.7 Å². The van der Waals surface area contributed by atoms with E-state index in [0.717, 1.165) is 25.7 Å². The van der Waals surface area contributed by atoms with Crippen molar-refractivity contribution in [2.75, 3.05) is 0 Å². The molecule has 118 valence electrons. The zero-order valence-corrected chi connectivity index (χ0v) is 12.1. The van der Waals surface area contributed by atoms with Gasteiger partial charge in [0, 0.05) is 6.42 Å². The summed E-state index contributed by atoms with van der Waals surface area (Å²) in [6.07, 6.45) is 5.06. The van der Waals surface area contributed by atoms with Gasteiger partial charge < -0.3 is 9.84 Å². The van der Waals surface area contributed by atoms with Crippen LogP contribution in [0.4, 0.5) is 0 Å². The van der Waals surface area contributed by atoms with Gasteiger partial charge >= 0.3 is 77.0 Å².